The second-order valence-corrected chi connectivity index (χ2v) is 23.6. The Labute approximate surface area is 352 Å². The number of hydrogen-bond donors (Lipinski definition) is 0. The van der Waals surface area contributed by atoms with Crippen molar-refractivity contribution in [1.29, 1.82) is 0 Å². The summed E-state index contributed by atoms with van der Waals surface area (Å²) in [5.41, 5.74) is 23.4. The average molecular weight is 766 g/mol. The zero-order valence-electron chi connectivity index (χ0n) is 38.5. The van der Waals surface area contributed by atoms with Crippen molar-refractivity contribution in [3.05, 3.63) is 129 Å². The number of aryl methyl sites for hydroxylation is 1. The van der Waals surface area contributed by atoms with Gasteiger partial charge in [0, 0.05) is 22.9 Å². The van der Waals surface area contributed by atoms with E-state index in [0.29, 0.717) is 5.92 Å². The van der Waals surface area contributed by atoms with E-state index in [2.05, 4.69) is 194 Å². The number of hydrogen-bond acceptors (Lipinski definition) is 1. The van der Waals surface area contributed by atoms with Crippen molar-refractivity contribution in [1.82, 2.24) is 0 Å². The van der Waals surface area contributed by atoms with Crippen LogP contribution < -0.4 is 21.3 Å². The van der Waals surface area contributed by atoms with E-state index in [0.717, 1.165) is 0 Å². The van der Waals surface area contributed by atoms with Gasteiger partial charge in [-0.1, -0.05) is 176 Å². The standard InChI is InChI=1S/C56H68BN/c1-34-28-41-49-48-42(55(14)26-16-17-27-56(49,55)15)31-39(54(11,12)13)32-44(48)57-43-24-22-38(53(8,9)10)33-46(43)58(47(29-34)50(41)57)45-25-23-37(52(5,6)7)30-40(45)35-18-20-36(21-19-35)51(2,3)4/h18-25,28-33,49H,16-17,26-27H2,1-15H3. The molecule has 3 unspecified atom stereocenters. The van der Waals surface area contributed by atoms with Gasteiger partial charge in [-0.3, -0.25) is 0 Å². The van der Waals surface area contributed by atoms with Crippen LogP contribution in [-0.2, 0) is 27.1 Å². The summed E-state index contributed by atoms with van der Waals surface area (Å²) in [7, 11) is 0. The van der Waals surface area contributed by atoms with Crippen LogP contribution in [0.2, 0.25) is 0 Å². The predicted molar refractivity (Wildman–Crippen MR) is 253 cm³/mol. The molecule has 2 heteroatoms. The van der Waals surface area contributed by atoms with Gasteiger partial charge in [0.1, 0.15) is 0 Å². The molecule has 9 rings (SSSR count). The van der Waals surface area contributed by atoms with E-state index < -0.39 is 0 Å². The van der Waals surface area contributed by atoms with Crippen LogP contribution in [0.3, 0.4) is 0 Å². The van der Waals surface area contributed by atoms with Crippen LogP contribution >= 0.6 is 0 Å². The maximum Gasteiger partial charge on any atom is 0.247 e. The summed E-state index contributed by atoms with van der Waals surface area (Å²) in [6.45, 7) is 36.2. The lowest BCUT2D eigenvalue weighted by molar-refractivity contribution is 0.0925. The number of benzene rings is 5. The second-order valence-electron chi connectivity index (χ2n) is 23.6. The van der Waals surface area contributed by atoms with Gasteiger partial charge in [-0.05, 0) is 138 Å². The van der Waals surface area contributed by atoms with Gasteiger partial charge in [-0.2, -0.15) is 0 Å². The number of anilines is 3. The highest BCUT2D eigenvalue weighted by molar-refractivity contribution is 6.99. The average Bonchev–Trinajstić information content (AvgIpc) is 3.35. The summed E-state index contributed by atoms with van der Waals surface area (Å²) in [6.07, 6.45) is 5.18. The first-order valence-corrected chi connectivity index (χ1v) is 22.5. The van der Waals surface area contributed by atoms with Gasteiger partial charge in [0.2, 0.25) is 6.71 Å². The lowest BCUT2D eigenvalue weighted by atomic mass is 9.30. The van der Waals surface area contributed by atoms with E-state index >= 15 is 0 Å². The Kier molecular flexibility index (Phi) is 8.50. The fourth-order valence-electron chi connectivity index (χ4n) is 11.8. The Balaban J connectivity index is 1.40. The molecule has 1 nitrogen and oxygen atoms in total. The van der Waals surface area contributed by atoms with Crippen LogP contribution in [0.15, 0.2) is 84.9 Å². The van der Waals surface area contributed by atoms with Crippen LogP contribution in [0.5, 0.6) is 0 Å². The van der Waals surface area contributed by atoms with Gasteiger partial charge >= 0.3 is 0 Å². The third kappa shape index (κ3) is 5.69. The lowest BCUT2D eigenvalue weighted by Crippen LogP contribution is -2.62. The Morgan fingerprint density at radius 3 is 1.78 bits per heavy atom. The fraction of sp³-hybridized carbons (Fsp3) is 0.464. The van der Waals surface area contributed by atoms with Gasteiger partial charge in [0.25, 0.3) is 0 Å². The van der Waals surface area contributed by atoms with Crippen molar-refractivity contribution in [2.24, 2.45) is 5.41 Å². The highest BCUT2D eigenvalue weighted by Gasteiger charge is 2.62. The van der Waals surface area contributed by atoms with Crippen LogP contribution in [-0.4, -0.2) is 6.71 Å². The van der Waals surface area contributed by atoms with E-state index in [1.54, 1.807) is 27.6 Å². The molecule has 1 saturated carbocycles. The summed E-state index contributed by atoms with van der Waals surface area (Å²) < 4.78 is 0. The molecule has 1 fully saturated rings. The molecule has 0 bridgehead atoms. The molecule has 2 aliphatic carbocycles. The Bertz CT molecular complexity index is 2490. The lowest BCUT2D eigenvalue weighted by Gasteiger charge is -2.51. The van der Waals surface area contributed by atoms with Crippen molar-refractivity contribution in [2.45, 2.75) is 163 Å². The number of nitrogens with zero attached hydrogens (tertiary/aromatic N) is 1. The van der Waals surface area contributed by atoms with Gasteiger partial charge < -0.3 is 4.90 Å². The summed E-state index contributed by atoms with van der Waals surface area (Å²) in [5, 5.41) is 0. The molecular formula is C56H68BN. The largest absolute Gasteiger partial charge is 0.311 e. The summed E-state index contributed by atoms with van der Waals surface area (Å²) in [5.74, 6) is 0.381. The predicted octanol–water partition coefficient (Wildman–Crippen LogP) is 13.4. The van der Waals surface area contributed by atoms with Crippen LogP contribution in [0.4, 0.5) is 17.1 Å². The van der Waals surface area contributed by atoms with E-state index in [1.807, 2.05) is 0 Å². The van der Waals surface area contributed by atoms with E-state index in [1.165, 1.54) is 87.2 Å². The highest BCUT2D eigenvalue weighted by atomic mass is 15.2. The summed E-state index contributed by atoms with van der Waals surface area (Å²) in [4.78, 5) is 2.71. The maximum absolute atomic E-state index is 2.71. The third-order valence-electron chi connectivity index (χ3n) is 15.6. The van der Waals surface area contributed by atoms with Gasteiger partial charge in [-0.25, -0.2) is 0 Å². The molecule has 2 heterocycles. The van der Waals surface area contributed by atoms with Crippen LogP contribution in [0.1, 0.15) is 173 Å². The van der Waals surface area contributed by atoms with Crippen LogP contribution in [0, 0.1) is 12.3 Å². The Morgan fingerprint density at radius 1 is 0.552 bits per heavy atom. The molecule has 0 amide bonds. The monoisotopic (exact) mass is 766 g/mol. The first-order valence-electron chi connectivity index (χ1n) is 22.5. The molecule has 5 aromatic rings. The third-order valence-corrected chi connectivity index (χ3v) is 15.6. The van der Waals surface area contributed by atoms with Crippen molar-refractivity contribution in [3.8, 4) is 11.1 Å². The molecule has 2 aliphatic heterocycles. The normalized spacial score (nSPS) is 22.4. The van der Waals surface area contributed by atoms with Crippen LogP contribution in [0.25, 0.3) is 11.1 Å². The molecule has 4 aliphatic rings. The topological polar surface area (TPSA) is 3.24 Å². The van der Waals surface area contributed by atoms with Crippen molar-refractivity contribution >= 4 is 40.2 Å². The molecule has 0 spiro atoms. The molecule has 0 N–H and O–H groups in total. The van der Waals surface area contributed by atoms with Gasteiger partial charge in [0.15, 0.2) is 0 Å². The van der Waals surface area contributed by atoms with Gasteiger partial charge in [-0.15, -0.1) is 0 Å². The second kappa shape index (κ2) is 12.5. The first-order chi connectivity index (χ1) is 26.9. The van der Waals surface area contributed by atoms with Crippen molar-refractivity contribution in [2.75, 3.05) is 4.90 Å². The minimum absolute atomic E-state index is 0.00435. The summed E-state index contributed by atoms with van der Waals surface area (Å²) >= 11 is 0. The zero-order chi connectivity index (χ0) is 41.7. The molecular weight excluding hydrogens is 697 g/mol. The van der Waals surface area contributed by atoms with E-state index in [4.69, 9.17) is 0 Å². The zero-order valence-corrected chi connectivity index (χ0v) is 38.5. The SMILES string of the molecule is Cc1cc2c3c(c1)N(c1ccc(C(C)(C)C)cc1-c1ccc(C(C)(C)C)cc1)c1cc(C(C)(C)C)ccc1B3c1cc(C(C)(C)C)cc3c1C2C1(C)CCCCC31C. The first kappa shape index (κ1) is 39.4. The Hall–Kier alpha value is -4.04. The quantitative estimate of drug-likeness (QED) is 0.159. The highest BCUT2D eigenvalue weighted by Crippen LogP contribution is 2.67. The van der Waals surface area contributed by atoms with E-state index in [-0.39, 0.29) is 39.2 Å². The molecule has 0 aromatic heterocycles. The van der Waals surface area contributed by atoms with Gasteiger partial charge in [0.05, 0.1) is 5.69 Å². The summed E-state index contributed by atoms with van der Waals surface area (Å²) in [6, 6.07) is 34.9. The molecule has 5 aromatic carbocycles. The van der Waals surface area contributed by atoms with Crippen molar-refractivity contribution < 1.29 is 0 Å². The number of fused-ring (bicyclic) bond motifs is 7. The molecule has 58 heavy (non-hydrogen) atoms. The smallest absolute Gasteiger partial charge is 0.247 e. The minimum atomic E-state index is 0.00435. The van der Waals surface area contributed by atoms with E-state index in [9.17, 15) is 0 Å². The Morgan fingerprint density at radius 2 is 1.14 bits per heavy atom. The molecule has 3 atom stereocenters. The maximum atomic E-state index is 2.71. The van der Waals surface area contributed by atoms with Crippen molar-refractivity contribution in [3.63, 3.8) is 0 Å². The molecule has 0 radical (unpaired) electrons. The number of rotatable bonds is 2. The molecule has 0 saturated heterocycles. The minimum Gasteiger partial charge on any atom is -0.311 e. The molecule has 300 valence electrons. The fourth-order valence-corrected chi connectivity index (χ4v) is 11.8.